The van der Waals surface area contributed by atoms with Crippen LogP contribution in [0, 0.1) is 0 Å². The molecule has 1 N–H and O–H groups in total. The third-order valence-corrected chi connectivity index (χ3v) is 2.46. The van der Waals surface area contributed by atoms with E-state index in [4.69, 9.17) is 4.74 Å². The molecule has 0 aliphatic carbocycles. The number of amides is 1. The lowest BCUT2D eigenvalue weighted by atomic mass is 10.1. The molecule has 0 saturated carbocycles. The summed E-state index contributed by atoms with van der Waals surface area (Å²) in [7, 11) is 1.66. The molecule has 1 atom stereocenters. The number of hydrogen-bond acceptors (Lipinski definition) is 3. The van der Waals surface area contributed by atoms with Crippen LogP contribution in [0.4, 0.5) is 0 Å². The van der Waals surface area contributed by atoms with E-state index < -0.39 is 0 Å². The molecule has 0 bridgehead atoms. The first-order chi connectivity index (χ1) is 6.94. The second-order valence-corrected chi connectivity index (χ2v) is 5.13. The van der Waals surface area contributed by atoms with Gasteiger partial charge in [-0.25, -0.2) is 0 Å². The second-order valence-electron chi connectivity index (χ2n) is 5.13. The Labute approximate surface area is 92.0 Å². The van der Waals surface area contributed by atoms with Gasteiger partial charge in [-0.2, -0.15) is 0 Å². The minimum Gasteiger partial charge on any atom is -0.369 e. The van der Waals surface area contributed by atoms with Gasteiger partial charge in [0.1, 0.15) is 0 Å². The van der Waals surface area contributed by atoms with Gasteiger partial charge in [0.15, 0.2) is 0 Å². The lowest BCUT2D eigenvalue weighted by Gasteiger charge is -2.27. The maximum atomic E-state index is 11.9. The quantitative estimate of drug-likeness (QED) is 0.761. The molecule has 1 aliphatic rings. The fourth-order valence-corrected chi connectivity index (χ4v) is 1.90. The fraction of sp³-hybridized carbons (Fsp3) is 0.909. The van der Waals surface area contributed by atoms with Gasteiger partial charge < -0.3 is 10.1 Å². The summed E-state index contributed by atoms with van der Waals surface area (Å²) in [5.74, 6) is 0.122. The fourth-order valence-electron chi connectivity index (χ4n) is 1.90. The zero-order chi connectivity index (χ0) is 11.5. The highest BCUT2D eigenvalue weighted by Gasteiger charge is 2.31. The van der Waals surface area contributed by atoms with E-state index in [0.29, 0.717) is 6.73 Å². The van der Waals surface area contributed by atoms with E-state index in [2.05, 4.69) is 10.2 Å². The molecule has 0 aromatic rings. The highest BCUT2D eigenvalue weighted by Crippen LogP contribution is 2.17. The maximum absolute atomic E-state index is 11.9. The molecule has 1 saturated heterocycles. The molecule has 88 valence electrons. The van der Waals surface area contributed by atoms with Crippen molar-refractivity contribution in [3.05, 3.63) is 0 Å². The topological polar surface area (TPSA) is 41.6 Å². The first kappa shape index (κ1) is 12.5. The number of hydrogen-bond donors (Lipinski definition) is 1. The first-order valence-electron chi connectivity index (χ1n) is 5.49. The largest absolute Gasteiger partial charge is 0.369 e. The van der Waals surface area contributed by atoms with Crippen LogP contribution in [0.3, 0.4) is 0 Å². The molecular weight excluding hydrogens is 192 g/mol. The third kappa shape index (κ3) is 3.80. The summed E-state index contributed by atoms with van der Waals surface area (Å²) in [5, 5.41) is 3.01. The van der Waals surface area contributed by atoms with Gasteiger partial charge in [0.05, 0.1) is 12.8 Å². The number of carbonyl (C=O) groups is 1. The van der Waals surface area contributed by atoms with E-state index in [-0.39, 0.29) is 17.5 Å². The molecule has 0 aromatic heterocycles. The Kier molecular flexibility index (Phi) is 4.11. The molecule has 4 heteroatoms. The van der Waals surface area contributed by atoms with Crippen molar-refractivity contribution in [2.75, 3.05) is 20.4 Å². The van der Waals surface area contributed by atoms with Gasteiger partial charge in [0.2, 0.25) is 5.91 Å². The van der Waals surface area contributed by atoms with Crippen molar-refractivity contribution in [2.45, 2.75) is 45.2 Å². The molecule has 15 heavy (non-hydrogen) atoms. The molecule has 0 aromatic carbocycles. The van der Waals surface area contributed by atoms with Crippen LogP contribution in [-0.4, -0.2) is 42.8 Å². The summed E-state index contributed by atoms with van der Waals surface area (Å²) in [5.41, 5.74) is -0.154. The van der Waals surface area contributed by atoms with Gasteiger partial charge in [-0.3, -0.25) is 9.69 Å². The monoisotopic (exact) mass is 214 g/mol. The number of likely N-dealkylation sites (tertiary alicyclic amines) is 1. The van der Waals surface area contributed by atoms with Crippen LogP contribution in [0.5, 0.6) is 0 Å². The van der Waals surface area contributed by atoms with Crippen molar-refractivity contribution < 1.29 is 9.53 Å². The second kappa shape index (κ2) is 4.94. The smallest absolute Gasteiger partial charge is 0.237 e. The standard InChI is InChI=1S/C11H22N2O2/c1-11(2,3)12-10(14)9-6-5-7-13(9)8-15-4/h9H,5-8H2,1-4H3,(H,12,14)/t9-/m0/s1. The summed E-state index contributed by atoms with van der Waals surface area (Å²) in [4.78, 5) is 14.0. The van der Waals surface area contributed by atoms with Crippen LogP contribution in [0.25, 0.3) is 0 Å². The van der Waals surface area contributed by atoms with E-state index >= 15 is 0 Å². The molecule has 1 fully saturated rings. The Morgan fingerprint density at radius 1 is 1.53 bits per heavy atom. The Balaban J connectivity index is 2.51. The summed E-state index contributed by atoms with van der Waals surface area (Å²) in [6, 6.07) is -0.0100. The third-order valence-electron chi connectivity index (χ3n) is 2.46. The minimum absolute atomic E-state index is 0.0100. The molecule has 1 amide bonds. The van der Waals surface area contributed by atoms with Crippen LogP contribution >= 0.6 is 0 Å². The van der Waals surface area contributed by atoms with Crippen molar-refractivity contribution in [1.29, 1.82) is 0 Å². The Bertz CT molecular complexity index is 223. The van der Waals surface area contributed by atoms with Crippen LogP contribution in [0.1, 0.15) is 33.6 Å². The Morgan fingerprint density at radius 3 is 2.73 bits per heavy atom. The molecular formula is C11H22N2O2. The van der Waals surface area contributed by atoms with Gasteiger partial charge in [-0.05, 0) is 33.6 Å². The Morgan fingerprint density at radius 2 is 2.20 bits per heavy atom. The minimum atomic E-state index is -0.154. The lowest BCUT2D eigenvalue weighted by molar-refractivity contribution is -0.128. The van der Waals surface area contributed by atoms with Gasteiger partial charge in [0, 0.05) is 19.2 Å². The van der Waals surface area contributed by atoms with E-state index in [1.165, 1.54) is 0 Å². The number of nitrogens with one attached hydrogen (secondary N) is 1. The molecule has 0 radical (unpaired) electrons. The highest BCUT2D eigenvalue weighted by atomic mass is 16.5. The highest BCUT2D eigenvalue weighted by molar-refractivity contribution is 5.82. The van der Waals surface area contributed by atoms with E-state index in [9.17, 15) is 4.79 Å². The van der Waals surface area contributed by atoms with Crippen LogP contribution in [-0.2, 0) is 9.53 Å². The predicted molar refractivity (Wildman–Crippen MR) is 59.5 cm³/mol. The lowest BCUT2D eigenvalue weighted by Crippen LogP contribution is -2.50. The average molecular weight is 214 g/mol. The molecule has 4 nitrogen and oxygen atoms in total. The molecule has 0 spiro atoms. The zero-order valence-corrected chi connectivity index (χ0v) is 10.2. The number of carbonyl (C=O) groups excluding carboxylic acids is 1. The molecule has 1 rings (SSSR count). The van der Waals surface area contributed by atoms with Crippen LogP contribution < -0.4 is 5.32 Å². The summed E-state index contributed by atoms with van der Waals surface area (Å²) in [6.07, 6.45) is 2.01. The first-order valence-corrected chi connectivity index (χ1v) is 5.49. The van der Waals surface area contributed by atoms with Gasteiger partial charge in [0.25, 0.3) is 0 Å². The van der Waals surface area contributed by atoms with Crippen molar-refractivity contribution in [3.63, 3.8) is 0 Å². The Hall–Kier alpha value is -0.610. The number of ether oxygens (including phenoxy) is 1. The van der Waals surface area contributed by atoms with Crippen molar-refractivity contribution >= 4 is 5.91 Å². The summed E-state index contributed by atoms with van der Waals surface area (Å²) < 4.78 is 5.08. The van der Waals surface area contributed by atoms with Gasteiger partial charge in [-0.1, -0.05) is 0 Å². The van der Waals surface area contributed by atoms with E-state index in [1.54, 1.807) is 7.11 Å². The zero-order valence-electron chi connectivity index (χ0n) is 10.2. The van der Waals surface area contributed by atoms with Crippen molar-refractivity contribution in [2.24, 2.45) is 0 Å². The molecule has 1 heterocycles. The van der Waals surface area contributed by atoms with Crippen molar-refractivity contribution in [3.8, 4) is 0 Å². The van der Waals surface area contributed by atoms with Crippen LogP contribution in [0.15, 0.2) is 0 Å². The predicted octanol–water partition coefficient (Wildman–Crippen LogP) is 0.969. The summed E-state index contributed by atoms with van der Waals surface area (Å²) in [6.45, 7) is 7.50. The normalized spacial score (nSPS) is 23.1. The molecule has 0 unspecified atom stereocenters. The number of nitrogens with zero attached hydrogens (tertiary/aromatic N) is 1. The van der Waals surface area contributed by atoms with Crippen LogP contribution in [0.2, 0.25) is 0 Å². The molecule has 1 aliphatic heterocycles. The van der Waals surface area contributed by atoms with E-state index in [0.717, 1.165) is 19.4 Å². The van der Waals surface area contributed by atoms with Crippen molar-refractivity contribution in [1.82, 2.24) is 10.2 Å². The summed E-state index contributed by atoms with van der Waals surface area (Å²) >= 11 is 0. The van der Waals surface area contributed by atoms with E-state index in [1.807, 2.05) is 20.8 Å². The number of rotatable bonds is 3. The van der Waals surface area contributed by atoms with Gasteiger partial charge >= 0.3 is 0 Å². The van der Waals surface area contributed by atoms with Gasteiger partial charge in [-0.15, -0.1) is 0 Å². The number of methoxy groups -OCH3 is 1. The SMILES string of the molecule is COCN1CCC[C@H]1C(=O)NC(C)(C)C. The maximum Gasteiger partial charge on any atom is 0.237 e. The average Bonchev–Trinajstić information content (AvgIpc) is 2.49.